The number of nitrogens with zero attached hydrogens (tertiary/aromatic N) is 3. The molecule has 0 spiro atoms. The highest BCUT2D eigenvalue weighted by atomic mass is 16.5. The first-order valence-electron chi connectivity index (χ1n) is 5.99. The predicted molar refractivity (Wildman–Crippen MR) is 63.7 cm³/mol. The van der Waals surface area contributed by atoms with Crippen molar-refractivity contribution in [3.63, 3.8) is 0 Å². The number of aromatic nitrogens is 2. The van der Waals surface area contributed by atoms with E-state index in [2.05, 4.69) is 16.5 Å². The Labute approximate surface area is 101 Å². The average Bonchev–Trinajstić information content (AvgIpc) is 2.88. The lowest BCUT2D eigenvalue weighted by Gasteiger charge is -2.10. The van der Waals surface area contributed by atoms with Gasteiger partial charge in [-0.05, 0) is 38.8 Å². The Balaban J connectivity index is 1.92. The lowest BCUT2D eigenvalue weighted by atomic mass is 10.1. The molecule has 0 saturated carbocycles. The maximum Gasteiger partial charge on any atom is 0.230 e. The average molecular weight is 234 g/mol. The van der Waals surface area contributed by atoms with Crippen LogP contribution < -0.4 is 10.1 Å². The molecule has 1 fully saturated rings. The Morgan fingerprint density at radius 3 is 3.12 bits per heavy atom. The summed E-state index contributed by atoms with van der Waals surface area (Å²) in [6.45, 7) is 4.67. The number of hydrogen-bond acceptors (Lipinski definition) is 4. The van der Waals surface area contributed by atoms with Crippen LogP contribution in [0.2, 0.25) is 0 Å². The second-order valence-corrected chi connectivity index (χ2v) is 4.50. The third kappa shape index (κ3) is 2.59. The summed E-state index contributed by atoms with van der Waals surface area (Å²) in [6.07, 6.45) is 2.25. The van der Waals surface area contributed by atoms with E-state index in [1.807, 2.05) is 6.92 Å². The quantitative estimate of drug-likeness (QED) is 0.843. The van der Waals surface area contributed by atoms with Gasteiger partial charge < -0.3 is 10.1 Å². The Hall–Kier alpha value is -1.54. The SMILES string of the molecule is Cc1nn(C)c(OCCC2CCNC2)c1C#N. The summed E-state index contributed by atoms with van der Waals surface area (Å²) in [5.74, 6) is 1.30. The molecule has 5 nitrogen and oxygen atoms in total. The van der Waals surface area contributed by atoms with Gasteiger partial charge in [0.15, 0.2) is 0 Å². The van der Waals surface area contributed by atoms with Crippen LogP contribution in [0.15, 0.2) is 0 Å². The number of aryl methyl sites for hydroxylation is 2. The number of nitrogens with one attached hydrogen (secondary N) is 1. The summed E-state index contributed by atoms with van der Waals surface area (Å²) >= 11 is 0. The van der Waals surface area contributed by atoms with Crippen LogP contribution in [0.3, 0.4) is 0 Å². The predicted octanol–water partition coefficient (Wildman–Crippen LogP) is 0.979. The van der Waals surface area contributed by atoms with Crippen LogP contribution in [0.1, 0.15) is 24.1 Å². The molecule has 0 bridgehead atoms. The van der Waals surface area contributed by atoms with E-state index >= 15 is 0 Å². The number of ether oxygens (including phenoxy) is 1. The van der Waals surface area contributed by atoms with Crippen LogP contribution >= 0.6 is 0 Å². The van der Waals surface area contributed by atoms with Gasteiger partial charge in [0.05, 0.1) is 12.3 Å². The molecule has 2 rings (SSSR count). The monoisotopic (exact) mass is 234 g/mol. The molecule has 17 heavy (non-hydrogen) atoms. The Morgan fingerprint density at radius 1 is 1.65 bits per heavy atom. The molecule has 0 amide bonds. The molecule has 92 valence electrons. The summed E-state index contributed by atoms with van der Waals surface area (Å²) in [6, 6.07) is 2.14. The fourth-order valence-electron chi connectivity index (χ4n) is 2.21. The summed E-state index contributed by atoms with van der Waals surface area (Å²) < 4.78 is 7.33. The van der Waals surface area contributed by atoms with Crippen LogP contribution in [0, 0.1) is 24.2 Å². The van der Waals surface area contributed by atoms with Gasteiger partial charge in [-0.3, -0.25) is 0 Å². The van der Waals surface area contributed by atoms with E-state index in [9.17, 15) is 0 Å². The van der Waals surface area contributed by atoms with Gasteiger partial charge >= 0.3 is 0 Å². The minimum Gasteiger partial charge on any atom is -0.477 e. The molecular weight excluding hydrogens is 216 g/mol. The zero-order valence-electron chi connectivity index (χ0n) is 10.4. The minimum atomic E-state index is 0.553. The fraction of sp³-hybridized carbons (Fsp3) is 0.667. The molecule has 1 saturated heterocycles. The van der Waals surface area contributed by atoms with Crippen LogP contribution in [0.25, 0.3) is 0 Å². The topological polar surface area (TPSA) is 62.9 Å². The van der Waals surface area contributed by atoms with Crippen molar-refractivity contribution in [3.05, 3.63) is 11.3 Å². The maximum absolute atomic E-state index is 9.03. The lowest BCUT2D eigenvalue weighted by molar-refractivity contribution is 0.261. The van der Waals surface area contributed by atoms with Gasteiger partial charge in [-0.25, -0.2) is 4.68 Å². The molecular formula is C12H18N4O. The molecule has 1 aromatic rings. The summed E-state index contributed by atoms with van der Waals surface area (Å²) in [5, 5.41) is 16.6. The summed E-state index contributed by atoms with van der Waals surface area (Å²) in [5.41, 5.74) is 1.28. The first-order valence-corrected chi connectivity index (χ1v) is 5.99. The molecule has 1 unspecified atom stereocenters. The molecule has 1 aliphatic rings. The van der Waals surface area contributed by atoms with Crippen molar-refractivity contribution >= 4 is 0 Å². The smallest absolute Gasteiger partial charge is 0.230 e. The normalized spacial score (nSPS) is 19.2. The van der Waals surface area contributed by atoms with Crippen LogP contribution in [0.4, 0.5) is 0 Å². The first-order chi connectivity index (χ1) is 8.22. The zero-order chi connectivity index (χ0) is 12.3. The van der Waals surface area contributed by atoms with Crippen molar-refractivity contribution < 1.29 is 4.74 Å². The molecule has 0 radical (unpaired) electrons. The molecule has 0 aliphatic carbocycles. The van der Waals surface area contributed by atoms with E-state index in [1.54, 1.807) is 11.7 Å². The number of nitriles is 1. The Bertz CT molecular complexity index is 426. The molecule has 2 heterocycles. The Morgan fingerprint density at radius 2 is 2.47 bits per heavy atom. The van der Waals surface area contributed by atoms with E-state index in [1.165, 1.54) is 6.42 Å². The van der Waals surface area contributed by atoms with Crippen LogP contribution in [-0.4, -0.2) is 29.5 Å². The van der Waals surface area contributed by atoms with Crippen LogP contribution in [0.5, 0.6) is 5.88 Å². The third-order valence-electron chi connectivity index (χ3n) is 3.21. The van der Waals surface area contributed by atoms with Gasteiger partial charge in [0.25, 0.3) is 0 Å². The number of rotatable bonds is 4. The molecule has 1 aromatic heterocycles. The summed E-state index contributed by atoms with van der Waals surface area (Å²) in [7, 11) is 1.81. The highest BCUT2D eigenvalue weighted by Crippen LogP contribution is 2.21. The standard InChI is InChI=1S/C12H18N4O/c1-9-11(7-13)12(16(2)15-9)17-6-4-10-3-5-14-8-10/h10,14H,3-6,8H2,1-2H3. The van der Waals surface area contributed by atoms with E-state index in [0.29, 0.717) is 24.0 Å². The van der Waals surface area contributed by atoms with Crippen molar-refractivity contribution in [3.8, 4) is 11.9 Å². The molecule has 5 heteroatoms. The van der Waals surface area contributed by atoms with Gasteiger partial charge in [-0.1, -0.05) is 0 Å². The van der Waals surface area contributed by atoms with Crippen molar-refractivity contribution in [2.75, 3.05) is 19.7 Å². The molecule has 1 N–H and O–H groups in total. The molecule has 0 aromatic carbocycles. The van der Waals surface area contributed by atoms with Crippen molar-refractivity contribution in [1.82, 2.24) is 15.1 Å². The van der Waals surface area contributed by atoms with E-state index in [4.69, 9.17) is 10.00 Å². The highest BCUT2D eigenvalue weighted by Gasteiger charge is 2.17. The molecule has 1 aliphatic heterocycles. The zero-order valence-corrected chi connectivity index (χ0v) is 10.4. The lowest BCUT2D eigenvalue weighted by Crippen LogP contribution is -2.12. The minimum absolute atomic E-state index is 0.553. The van der Waals surface area contributed by atoms with E-state index in [0.717, 1.165) is 25.2 Å². The number of hydrogen-bond donors (Lipinski definition) is 1. The fourth-order valence-corrected chi connectivity index (χ4v) is 2.21. The van der Waals surface area contributed by atoms with Gasteiger partial charge in [0, 0.05) is 7.05 Å². The third-order valence-corrected chi connectivity index (χ3v) is 3.21. The van der Waals surface area contributed by atoms with Crippen LogP contribution in [-0.2, 0) is 7.05 Å². The van der Waals surface area contributed by atoms with E-state index < -0.39 is 0 Å². The van der Waals surface area contributed by atoms with Gasteiger partial charge in [0.1, 0.15) is 11.6 Å². The van der Waals surface area contributed by atoms with Gasteiger partial charge in [0.2, 0.25) is 5.88 Å². The van der Waals surface area contributed by atoms with Gasteiger partial charge in [-0.2, -0.15) is 10.4 Å². The van der Waals surface area contributed by atoms with Gasteiger partial charge in [-0.15, -0.1) is 0 Å². The van der Waals surface area contributed by atoms with E-state index in [-0.39, 0.29) is 0 Å². The maximum atomic E-state index is 9.03. The first kappa shape index (κ1) is 11.9. The molecule has 1 atom stereocenters. The Kier molecular flexibility index (Phi) is 3.64. The van der Waals surface area contributed by atoms with Crippen molar-refractivity contribution in [1.29, 1.82) is 5.26 Å². The largest absolute Gasteiger partial charge is 0.477 e. The second kappa shape index (κ2) is 5.19. The van der Waals surface area contributed by atoms with Crippen molar-refractivity contribution in [2.24, 2.45) is 13.0 Å². The highest BCUT2D eigenvalue weighted by molar-refractivity contribution is 5.41. The van der Waals surface area contributed by atoms with Crippen molar-refractivity contribution in [2.45, 2.75) is 19.8 Å². The second-order valence-electron chi connectivity index (χ2n) is 4.50. The summed E-state index contributed by atoms with van der Waals surface area (Å²) in [4.78, 5) is 0.